The molecular weight excluding hydrogens is 148 g/mol. The summed E-state index contributed by atoms with van der Waals surface area (Å²) in [6.45, 7) is 0. The molecule has 0 aromatic carbocycles. The molecule has 1 heterocycles. The van der Waals surface area contributed by atoms with Crippen molar-refractivity contribution in [2.75, 3.05) is 25.7 Å². The second-order valence-corrected chi connectivity index (χ2v) is 3.39. The van der Waals surface area contributed by atoms with E-state index in [2.05, 4.69) is 10.2 Å². The van der Waals surface area contributed by atoms with Crippen LogP contribution in [0.25, 0.3) is 0 Å². The van der Waals surface area contributed by atoms with Gasteiger partial charge in [-0.15, -0.1) is 11.8 Å². The fraction of sp³-hybridized carbons (Fsp3) is 0.833. The fourth-order valence-electron chi connectivity index (χ4n) is 0.968. The lowest BCUT2D eigenvalue weighted by Crippen LogP contribution is -2.41. The molecule has 1 saturated heterocycles. The highest BCUT2D eigenvalue weighted by atomic mass is 32.2. The van der Waals surface area contributed by atoms with E-state index in [1.165, 1.54) is 0 Å². The summed E-state index contributed by atoms with van der Waals surface area (Å²) in [5.41, 5.74) is 0. The molecule has 0 radical (unpaired) electrons. The molecule has 1 amide bonds. The summed E-state index contributed by atoms with van der Waals surface area (Å²) in [4.78, 5) is 13.1. The maximum absolute atomic E-state index is 11.1. The van der Waals surface area contributed by atoms with Crippen LogP contribution in [0.5, 0.6) is 0 Å². The van der Waals surface area contributed by atoms with Crippen LogP contribution in [0.4, 0.5) is 0 Å². The Hall–Kier alpha value is -0.220. The van der Waals surface area contributed by atoms with E-state index in [-0.39, 0.29) is 11.9 Å². The third-order valence-electron chi connectivity index (χ3n) is 1.65. The Kier molecular flexibility index (Phi) is 2.56. The van der Waals surface area contributed by atoms with Crippen LogP contribution >= 0.6 is 11.8 Å². The molecule has 1 fully saturated rings. The van der Waals surface area contributed by atoms with Crippen molar-refractivity contribution in [3.8, 4) is 0 Å². The van der Waals surface area contributed by atoms with E-state index in [1.807, 2.05) is 7.05 Å². The third-order valence-corrected chi connectivity index (χ3v) is 2.79. The van der Waals surface area contributed by atoms with Crippen LogP contribution in [-0.4, -0.2) is 42.6 Å². The minimum Gasteiger partial charge on any atom is -0.358 e. The number of nitrogens with zero attached hydrogens (tertiary/aromatic N) is 1. The first-order chi connectivity index (χ1) is 4.75. The zero-order chi connectivity index (χ0) is 7.56. The number of hydrogen-bond donors (Lipinski definition) is 1. The minimum atomic E-state index is 0.0926. The predicted molar refractivity (Wildman–Crippen MR) is 42.9 cm³/mol. The lowest BCUT2D eigenvalue weighted by Gasteiger charge is -2.15. The van der Waals surface area contributed by atoms with E-state index in [0.29, 0.717) is 0 Å². The van der Waals surface area contributed by atoms with Crippen molar-refractivity contribution in [1.82, 2.24) is 10.2 Å². The van der Waals surface area contributed by atoms with Crippen molar-refractivity contribution in [3.05, 3.63) is 0 Å². The summed E-state index contributed by atoms with van der Waals surface area (Å²) in [5, 5.41) is 2.64. The highest BCUT2D eigenvalue weighted by molar-refractivity contribution is 7.99. The average molecular weight is 160 g/mol. The van der Waals surface area contributed by atoms with Crippen molar-refractivity contribution in [3.63, 3.8) is 0 Å². The van der Waals surface area contributed by atoms with E-state index in [4.69, 9.17) is 0 Å². The molecule has 1 N–H and O–H groups in total. The molecule has 0 saturated carbocycles. The summed E-state index contributed by atoms with van der Waals surface area (Å²) in [5.74, 6) is 2.03. The Bertz CT molecular complexity index is 140. The Morgan fingerprint density at radius 1 is 1.80 bits per heavy atom. The maximum atomic E-state index is 11.1. The van der Waals surface area contributed by atoms with Crippen molar-refractivity contribution < 1.29 is 4.79 Å². The van der Waals surface area contributed by atoms with E-state index < -0.39 is 0 Å². The molecule has 58 valence electrons. The van der Waals surface area contributed by atoms with Gasteiger partial charge in [0.05, 0.1) is 6.04 Å². The van der Waals surface area contributed by atoms with Crippen LogP contribution in [0, 0.1) is 0 Å². The van der Waals surface area contributed by atoms with Gasteiger partial charge in [0.15, 0.2) is 0 Å². The van der Waals surface area contributed by atoms with Crippen molar-refractivity contribution in [1.29, 1.82) is 0 Å². The molecule has 4 heteroatoms. The molecule has 1 aliphatic heterocycles. The van der Waals surface area contributed by atoms with Gasteiger partial charge in [0, 0.05) is 18.7 Å². The first-order valence-corrected chi connectivity index (χ1v) is 4.40. The summed E-state index contributed by atoms with van der Waals surface area (Å²) < 4.78 is 0. The minimum absolute atomic E-state index is 0.0926. The molecule has 1 rings (SSSR count). The monoisotopic (exact) mass is 160 g/mol. The van der Waals surface area contributed by atoms with Crippen molar-refractivity contribution >= 4 is 17.7 Å². The van der Waals surface area contributed by atoms with Crippen LogP contribution in [0.3, 0.4) is 0 Å². The van der Waals surface area contributed by atoms with Gasteiger partial charge in [-0.3, -0.25) is 9.69 Å². The Balaban J connectivity index is 2.46. The number of carbonyl (C=O) groups is 1. The fourth-order valence-corrected chi connectivity index (χ4v) is 2.17. The van der Waals surface area contributed by atoms with Gasteiger partial charge in [0.1, 0.15) is 0 Å². The Labute approximate surface area is 65.2 Å². The van der Waals surface area contributed by atoms with Crippen LogP contribution < -0.4 is 5.32 Å². The van der Waals surface area contributed by atoms with Crippen molar-refractivity contribution in [2.24, 2.45) is 0 Å². The topological polar surface area (TPSA) is 32.3 Å². The lowest BCUT2D eigenvalue weighted by atomic mass is 10.3. The van der Waals surface area contributed by atoms with Gasteiger partial charge >= 0.3 is 0 Å². The standard InChI is InChI=1S/C6H12N2OS/c1-7-6(9)5-3-10-4-8(5)2/h5H,3-4H2,1-2H3,(H,7,9). The van der Waals surface area contributed by atoms with Gasteiger partial charge in [-0.1, -0.05) is 0 Å². The largest absolute Gasteiger partial charge is 0.358 e. The SMILES string of the molecule is CNC(=O)C1CSCN1C. The van der Waals surface area contributed by atoms with E-state index in [0.717, 1.165) is 11.6 Å². The summed E-state index contributed by atoms with van der Waals surface area (Å²) in [6, 6.07) is 0.0926. The van der Waals surface area contributed by atoms with Crippen LogP contribution in [0.2, 0.25) is 0 Å². The molecular formula is C6H12N2OS. The third kappa shape index (κ3) is 1.44. The predicted octanol–water partition coefficient (Wildman–Crippen LogP) is -0.263. The normalized spacial score (nSPS) is 26.8. The van der Waals surface area contributed by atoms with Crippen LogP contribution in [-0.2, 0) is 4.79 Å². The molecule has 0 bridgehead atoms. The molecule has 10 heavy (non-hydrogen) atoms. The van der Waals surface area contributed by atoms with E-state index in [9.17, 15) is 4.79 Å². The molecule has 0 spiro atoms. The Morgan fingerprint density at radius 2 is 2.50 bits per heavy atom. The van der Waals surface area contributed by atoms with Gasteiger partial charge in [0.2, 0.25) is 5.91 Å². The number of likely N-dealkylation sites (N-methyl/N-ethyl adjacent to an activating group) is 2. The second-order valence-electron chi connectivity index (χ2n) is 2.39. The smallest absolute Gasteiger partial charge is 0.237 e. The molecule has 1 aliphatic rings. The number of rotatable bonds is 1. The summed E-state index contributed by atoms with van der Waals surface area (Å²) in [7, 11) is 3.65. The quantitative estimate of drug-likeness (QED) is 0.573. The molecule has 1 unspecified atom stereocenters. The molecule has 1 atom stereocenters. The van der Waals surface area contributed by atoms with Gasteiger partial charge in [-0.05, 0) is 7.05 Å². The number of hydrogen-bond acceptors (Lipinski definition) is 3. The van der Waals surface area contributed by atoms with Gasteiger partial charge < -0.3 is 5.32 Å². The highest BCUT2D eigenvalue weighted by Crippen LogP contribution is 2.17. The van der Waals surface area contributed by atoms with Crippen molar-refractivity contribution in [2.45, 2.75) is 6.04 Å². The number of amides is 1. The zero-order valence-corrected chi connectivity index (χ0v) is 7.07. The van der Waals surface area contributed by atoms with E-state index >= 15 is 0 Å². The maximum Gasteiger partial charge on any atom is 0.237 e. The van der Waals surface area contributed by atoms with Crippen LogP contribution in [0.1, 0.15) is 0 Å². The molecule has 0 aliphatic carbocycles. The van der Waals surface area contributed by atoms with Gasteiger partial charge in [-0.25, -0.2) is 0 Å². The summed E-state index contributed by atoms with van der Waals surface area (Å²) >= 11 is 1.80. The Morgan fingerprint density at radius 3 is 2.90 bits per heavy atom. The van der Waals surface area contributed by atoms with Gasteiger partial charge in [-0.2, -0.15) is 0 Å². The second kappa shape index (κ2) is 3.25. The molecule has 0 aromatic rings. The first-order valence-electron chi connectivity index (χ1n) is 3.25. The van der Waals surface area contributed by atoms with Gasteiger partial charge in [0.25, 0.3) is 0 Å². The molecule has 0 aromatic heterocycles. The summed E-state index contributed by atoms with van der Waals surface area (Å²) in [6.07, 6.45) is 0. The average Bonchev–Trinajstić information content (AvgIpc) is 2.34. The van der Waals surface area contributed by atoms with Crippen LogP contribution in [0.15, 0.2) is 0 Å². The van der Waals surface area contributed by atoms with E-state index in [1.54, 1.807) is 18.8 Å². The lowest BCUT2D eigenvalue weighted by molar-refractivity contribution is -0.124. The zero-order valence-electron chi connectivity index (χ0n) is 6.26. The molecule has 3 nitrogen and oxygen atoms in total. The highest BCUT2D eigenvalue weighted by Gasteiger charge is 2.26. The number of thioether (sulfide) groups is 1. The number of nitrogens with one attached hydrogen (secondary N) is 1. The number of carbonyl (C=O) groups excluding carboxylic acids is 1. The first kappa shape index (κ1) is 7.88.